The van der Waals surface area contributed by atoms with Gasteiger partial charge in [-0.15, -0.1) is 0 Å². The number of rotatable bonds is 5. The molecule has 0 atom stereocenters. The second-order valence-corrected chi connectivity index (χ2v) is 6.58. The third-order valence-electron chi connectivity index (χ3n) is 4.81. The van der Waals surface area contributed by atoms with Crippen LogP contribution in [0, 0.1) is 6.92 Å². The summed E-state index contributed by atoms with van der Waals surface area (Å²) in [6.07, 6.45) is 0.703. The normalized spacial score (nSPS) is 11.1. The van der Waals surface area contributed by atoms with Crippen LogP contribution in [0.3, 0.4) is 0 Å². The molecule has 0 aliphatic rings. The summed E-state index contributed by atoms with van der Waals surface area (Å²) in [5, 5.41) is 1.55. The lowest BCUT2D eigenvalue weighted by atomic mass is 10.0. The van der Waals surface area contributed by atoms with Crippen molar-refractivity contribution in [2.45, 2.75) is 20.3 Å². The molecule has 140 valence electrons. The van der Waals surface area contributed by atoms with Gasteiger partial charge < -0.3 is 9.15 Å². The van der Waals surface area contributed by atoms with Crippen LogP contribution in [0.1, 0.15) is 39.1 Å². The van der Waals surface area contributed by atoms with Crippen LogP contribution >= 0.6 is 0 Å². The molecule has 0 bridgehead atoms. The van der Waals surface area contributed by atoms with E-state index in [2.05, 4.69) is 4.98 Å². The second-order valence-electron chi connectivity index (χ2n) is 6.58. The van der Waals surface area contributed by atoms with Gasteiger partial charge in [0.1, 0.15) is 5.58 Å². The van der Waals surface area contributed by atoms with Crippen molar-refractivity contribution < 1.29 is 18.7 Å². The number of aryl methyl sites for hydroxylation is 1. The molecular formula is C23H19NO4. The number of pyridine rings is 1. The van der Waals surface area contributed by atoms with Crippen LogP contribution in [0.2, 0.25) is 0 Å². The smallest absolute Gasteiger partial charge is 0.339 e. The Morgan fingerprint density at radius 1 is 1.07 bits per heavy atom. The summed E-state index contributed by atoms with van der Waals surface area (Å²) in [5.41, 5.74) is 3.44. The van der Waals surface area contributed by atoms with Gasteiger partial charge in [-0.1, -0.05) is 43.3 Å². The number of hydrogen-bond donors (Lipinski definition) is 0. The zero-order chi connectivity index (χ0) is 19.7. The third-order valence-corrected chi connectivity index (χ3v) is 4.81. The van der Waals surface area contributed by atoms with E-state index in [9.17, 15) is 9.59 Å². The summed E-state index contributed by atoms with van der Waals surface area (Å²) in [5.74, 6) is -0.730. The monoisotopic (exact) mass is 373 g/mol. The molecule has 0 radical (unpaired) electrons. The molecule has 0 unspecified atom stereocenters. The van der Waals surface area contributed by atoms with E-state index in [-0.39, 0.29) is 18.2 Å². The molecule has 4 rings (SSSR count). The van der Waals surface area contributed by atoms with Crippen LogP contribution in [-0.2, 0) is 11.2 Å². The van der Waals surface area contributed by atoms with Gasteiger partial charge in [0.15, 0.2) is 12.4 Å². The minimum Gasteiger partial charge on any atom is -0.454 e. The minimum absolute atomic E-state index is 0.180. The van der Waals surface area contributed by atoms with Gasteiger partial charge in [-0.25, -0.2) is 4.79 Å². The number of ketones is 1. The maximum absolute atomic E-state index is 12.8. The topological polar surface area (TPSA) is 69.4 Å². The molecule has 2 aromatic heterocycles. The average Bonchev–Trinajstić information content (AvgIpc) is 3.15. The van der Waals surface area contributed by atoms with Crippen molar-refractivity contribution in [1.29, 1.82) is 0 Å². The highest BCUT2D eigenvalue weighted by Crippen LogP contribution is 2.25. The van der Waals surface area contributed by atoms with Crippen LogP contribution in [0.25, 0.3) is 21.9 Å². The van der Waals surface area contributed by atoms with Gasteiger partial charge in [-0.2, -0.15) is 0 Å². The summed E-state index contributed by atoms with van der Waals surface area (Å²) in [6, 6.07) is 16.5. The maximum Gasteiger partial charge on any atom is 0.339 e. The van der Waals surface area contributed by atoms with Gasteiger partial charge in [0.05, 0.1) is 11.1 Å². The van der Waals surface area contributed by atoms with E-state index in [0.29, 0.717) is 17.6 Å². The Hall–Kier alpha value is -3.47. The Kier molecular flexibility index (Phi) is 4.65. The molecule has 0 spiro atoms. The molecule has 28 heavy (non-hydrogen) atoms. The van der Waals surface area contributed by atoms with Crippen LogP contribution in [0.5, 0.6) is 0 Å². The van der Waals surface area contributed by atoms with Gasteiger partial charge in [0.2, 0.25) is 5.78 Å². The minimum atomic E-state index is -0.532. The molecule has 0 N–H and O–H groups in total. The molecule has 0 aliphatic heterocycles. The molecule has 4 aromatic rings. The van der Waals surface area contributed by atoms with Crippen molar-refractivity contribution in [2.24, 2.45) is 0 Å². The summed E-state index contributed by atoms with van der Waals surface area (Å²) in [7, 11) is 0. The molecular weight excluding hydrogens is 354 g/mol. The van der Waals surface area contributed by atoms with E-state index >= 15 is 0 Å². The van der Waals surface area contributed by atoms with Crippen molar-refractivity contribution >= 4 is 33.6 Å². The van der Waals surface area contributed by atoms with E-state index in [4.69, 9.17) is 9.15 Å². The van der Waals surface area contributed by atoms with E-state index in [1.165, 1.54) is 0 Å². The van der Waals surface area contributed by atoms with Gasteiger partial charge in [-0.3, -0.25) is 9.78 Å². The molecule has 0 fully saturated rings. The number of para-hydroxylation sites is 2. The number of esters is 1. The number of benzene rings is 2. The van der Waals surface area contributed by atoms with E-state index in [0.717, 1.165) is 27.5 Å². The first kappa shape index (κ1) is 17.9. The summed E-state index contributed by atoms with van der Waals surface area (Å²) in [6.45, 7) is 3.47. The Bertz CT molecular complexity index is 1170. The number of Topliss-reactive ketones (excluding diaryl/α,β-unsaturated/α-hetero) is 1. The van der Waals surface area contributed by atoms with Crippen molar-refractivity contribution in [2.75, 3.05) is 6.61 Å². The Morgan fingerprint density at radius 3 is 2.61 bits per heavy atom. The average molecular weight is 373 g/mol. The standard InChI is InChI=1S/C23H19NO4/c1-3-17-14(2)22(16-9-5-6-10-18(16)24-17)23(26)27-13-19(25)21-12-15-8-4-7-11-20(15)28-21/h4-12H,3,13H2,1-2H3. The fourth-order valence-electron chi connectivity index (χ4n) is 3.36. The lowest BCUT2D eigenvalue weighted by molar-refractivity contribution is 0.0469. The van der Waals surface area contributed by atoms with Crippen molar-refractivity contribution in [3.8, 4) is 0 Å². The highest BCUT2D eigenvalue weighted by molar-refractivity contribution is 6.06. The number of carbonyl (C=O) groups is 2. The van der Waals surface area contributed by atoms with Crippen LogP contribution in [0.15, 0.2) is 59.0 Å². The van der Waals surface area contributed by atoms with Crippen LogP contribution in [-0.4, -0.2) is 23.3 Å². The summed E-state index contributed by atoms with van der Waals surface area (Å²) >= 11 is 0. The molecule has 0 saturated carbocycles. The lowest BCUT2D eigenvalue weighted by Gasteiger charge is -2.12. The third kappa shape index (κ3) is 3.16. The highest BCUT2D eigenvalue weighted by Gasteiger charge is 2.21. The maximum atomic E-state index is 12.8. The Morgan fingerprint density at radius 2 is 1.82 bits per heavy atom. The molecule has 0 saturated heterocycles. The molecule has 0 amide bonds. The first-order valence-electron chi connectivity index (χ1n) is 9.15. The second kappa shape index (κ2) is 7.27. The van der Waals surface area contributed by atoms with Crippen LogP contribution < -0.4 is 0 Å². The van der Waals surface area contributed by atoms with E-state index in [1.54, 1.807) is 12.1 Å². The number of aromatic nitrogens is 1. The molecule has 2 aromatic carbocycles. The fraction of sp³-hybridized carbons (Fsp3) is 0.174. The molecule has 5 heteroatoms. The number of carbonyl (C=O) groups excluding carboxylic acids is 2. The zero-order valence-corrected chi connectivity index (χ0v) is 15.7. The predicted octanol–water partition coefficient (Wildman–Crippen LogP) is 4.89. The summed E-state index contributed by atoms with van der Waals surface area (Å²) in [4.78, 5) is 29.9. The fourth-order valence-corrected chi connectivity index (χ4v) is 3.36. The largest absolute Gasteiger partial charge is 0.454 e. The van der Waals surface area contributed by atoms with Crippen molar-refractivity contribution in [3.05, 3.63) is 77.2 Å². The van der Waals surface area contributed by atoms with Gasteiger partial charge in [-0.05, 0) is 37.1 Å². The summed E-state index contributed by atoms with van der Waals surface area (Å²) < 4.78 is 10.9. The first-order chi connectivity index (χ1) is 13.6. The zero-order valence-electron chi connectivity index (χ0n) is 15.7. The Labute approximate surface area is 161 Å². The molecule has 2 heterocycles. The predicted molar refractivity (Wildman–Crippen MR) is 107 cm³/mol. The number of furan rings is 1. The molecule has 0 aliphatic carbocycles. The molecule has 5 nitrogen and oxygen atoms in total. The SMILES string of the molecule is CCc1nc2ccccc2c(C(=O)OCC(=O)c2cc3ccccc3o2)c1C. The van der Waals surface area contributed by atoms with Gasteiger partial charge in [0.25, 0.3) is 0 Å². The highest BCUT2D eigenvalue weighted by atomic mass is 16.5. The van der Waals surface area contributed by atoms with E-state index < -0.39 is 5.97 Å². The van der Waals surface area contributed by atoms with Crippen molar-refractivity contribution in [3.63, 3.8) is 0 Å². The quantitative estimate of drug-likeness (QED) is 0.368. The Balaban J connectivity index is 1.60. The number of hydrogen-bond acceptors (Lipinski definition) is 5. The number of ether oxygens (including phenoxy) is 1. The number of fused-ring (bicyclic) bond motifs is 2. The first-order valence-corrected chi connectivity index (χ1v) is 9.15. The van der Waals surface area contributed by atoms with Gasteiger partial charge >= 0.3 is 5.97 Å². The van der Waals surface area contributed by atoms with E-state index in [1.807, 2.05) is 56.3 Å². The number of nitrogens with zero attached hydrogens (tertiary/aromatic N) is 1. The van der Waals surface area contributed by atoms with Crippen LogP contribution in [0.4, 0.5) is 0 Å². The van der Waals surface area contributed by atoms with Gasteiger partial charge in [0, 0.05) is 16.5 Å². The van der Waals surface area contributed by atoms with Crippen molar-refractivity contribution in [1.82, 2.24) is 4.98 Å². The lowest BCUT2D eigenvalue weighted by Crippen LogP contribution is -2.16.